The van der Waals surface area contributed by atoms with Crippen molar-refractivity contribution in [3.8, 4) is 0 Å². The standard InChI is InChI=1S/C15H16F3NO4/c16-15(17,18)11-4-7-19(8-14(11)5-1-6-14)12(20)9-2-3-10(23-9)13(21)22/h2-3,11H,1,4-8H2,(H,21,22). The number of hydrogen-bond donors (Lipinski definition) is 1. The van der Waals surface area contributed by atoms with Crippen LogP contribution in [0.25, 0.3) is 0 Å². The van der Waals surface area contributed by atoms with E-state index in [4.69, 9.17) is 9.52 Å². The Hall–Kier alpha value is -1.99. The van der Waals surface area contributed by atoms with Gasteiger partial charge >= 0.3 is 12.1 Å². The Labute approximate surface area is 130 Å². The lowest BCUT2D eigenvalue weighted by Gasteiger charge is -2.53. The van der Waals surface area contributed by atoms with E-state index >= 15 is 0 Å². The van der Waals surface area contributed by atoms with Gasteiger partial charge in [-0.15, -0.1) is 0 Å². The van der Waals surface area contributed by atoms with Gasteiger partial charge in [0.05, 0.1) is 5.92 Å². The molecule has 0 radical (unpaired) electrons. The van der Waals surface area contributed by atoms with Crippen LogP contribution in [0.1, 0.15) is 46.8 Å². The molecule has 1 aromatic rings. The second-order valence-corrected chi connectivity index (χ2v) is 6.29. The van der Waals surface area contributed by atoms with Crippen LogP contribution in [0.2, 0.25) is 0 Å². The number of carboxylic acids is 1. The Morgan fingerprint density at radius 3 is 2.39 bits per heavy atom. The van der Waals surface area contributed by atoms with Crippen LogP contribution in [0.4, 0.5) is 13.2 Å². The van der Waals surface area contributed by atoms with E-state index < -0.39 is 29.4 Å². The SMILES string of the molecule is O=C(O)c1ccc(C(=O)N2CCC(C(F)(F)F)C3(CCC3)C2)o1. The number of halogens is 3. The maximum Gasteiger partial charge on any atom is 0.392 e. The van der Waals surface area contributed by atoms with E-state index in [0.717, 1.165) is 12.5 Å². The highest BCUT2D eigenvalue weighted by Gasteiger charge is 2.58. The molecule has 1 amide bonds. The van der Waals surface area contributed by atoms with E-state index in [9.17, 15) is 22.8 Å². The minimum Gasteiger partial charge on any atom is -0.475 e. The molecule has 3 rings (SSSR count). The Bertz CT molecular complexity index is 633. The molecule has 1 aromatic heterocycles. The van der Waals surface area contributed by atoms with Gasteiger partial charge in [-0.25, -0.2) is 4.79 Å². The first-order valence-electron chi connectivity index (χ1n) is 7.42. The lowest BCUT2D eigenvalue weighted by atomic mass is 9.58. The number of alkyl halides is 3. The molecule has 1 atom stereocenters. The van der Waals surface area contributed by atoms with Crippen LogP contribution < -0.4 is 0 Å². The Kier molecular flexibility index (Phi) is 3.65. The van der Waals surface area contributed by atoms with Gasteiger partial charge in [-0.1, -0.05) is 6.42 Å². The van der Waals surface area contributed by atoms with Crippen molar-refractivity contribution < 1.29 is 32.3 Å². The minimum absolute atomic E-state index is 0.00609. The number of nitrogens with zero attached hydrogens (tertiary/aromatic N) is 1. The zero-order chi connectivity index (χ0) is 16.8. The molecule has 5 nitrogen and oxygen atoms in total. The summed E-state index contributed by atoms with van der Waals surface area (Å²) in [5.41, 5.74) is -0.894. The lowest BCUT2D eigenvalue weighted by Crippen LogP contribution is -2.57. The molecule has 2 fully saturated rings. The number of hydrogen-bond acceptors (Lipinski definition) is 3. The number of aromatic carboxylic acids is 1. The molecule has 0 aromatic carbocycles. The highest BCUT2D eigenvalue weighted by molar-refractivity contribution is 5.93. The van der Waals surface area contributed by atoms with Crippen LogP contribution in [0.15, 0.2) is 16.5 Å². The van der Waals surface area contributed by atoms with E-state index in [-0.39, 0.29) is 31.0 Å². The van der Waals surface area contributed by atoms with E-state index in [1.165, 1.54) is 11.0 Å². The zero-order valence-corrected chi connectivity index (χ0v) is 12.2. The minimum atomic E-state index is -4.25. The first-order valence-corrected chi connectivity index (χ1v) is 7.42. The molecule has 126 valence electrons. The van der Waals surface area contributed by atoms with E-state index in [1.807, 2.05) is 0 Å². The number of furan rings is 1. The van der Waals surface area contributed by atoms with Gasteiger partial charge in [-0.05, 0) is 36.8 Å². The molecule has 1 saturated carbocycles. The smallest absolute Gasteiger partial charge is 0.392 e. The molecule has 1 aliphatic heterocycles. The summed E-state index contributed by atoms with van der Waals surface area (Å²) >= 11 is 0. The van der Waals surface area contributed by atoms with Gasteiger partial charge in [0.15, 0.2) is 5.76 Å². The second kappa shape index (κ2) is 5.28. The van der Waals surface area contributed by atoms with Crippen molar-refractivity contribution in [3.05, 3.63) is 23.7 Å². The first-order chi connectivity index (χ1) is 10.7. The van der Waals surface area contributed by atoms with Crippen molar-refractivity contribution in [2.45, 2.75) is 31.9 Å². The largest absolute Gasteiger partial charge is 0.475 e. The van der Waals surface area contributed by atoms with Crippen molar-refractivity contribution in [2.24, 2.45) is 11.3 Å². The van der Waals surface area contributed by atoms with E-state index in [2.05, 4.69) is 0 Å². The van der Waals surface area contributed by atoms with E-state index in [0.29, 0.717) is 12.8 Å². The van der Waals surface area contributed by atoms with Crippen molar-refractivity contribution in [1.82, 2.24) is 4.90 Å². The summed E-state index contributed by atoms with van der Waals surface area (Å²) in [6, 6.07) is 2.41. The third-order valence-corrected chi connectivity index (χ3v) is 4.99. The maximum atomic E-state index is 13.2. The van der Waals surface area contributed by atoms with Gasteiger partial charge < -0.3 is 14.4 Å². The topological polar surface area (TPSA) is 70.8 Å². The molecule has 23 heavy (non-hydrogen) atoms. The first kappa shape index (κ1) is 15.9. The maximum absolute atomic E-state index is 13.2. The number of carbonyl (C=O) groups excluding carboxylic acids is 1. The van der Waals surface area contributed by atoms with Gasteiger partial charge in [0.25, 0.3) is 5.91 Å². The van der Waals surface area contributed by atoms with Crippen LogP contribution in [0.3, 0.4) is 0 Å². The fourth-order valence-electron chi connectivity index (χ4n) is 3.71. The Balaban J connectivity index is 1.77. The molecule has 1 N–H and O–H groups in total. The summed E-state index contributed by atoms with van der Waals surface area (Å²) in [4.78, 5) is 24.5. The Morgan fingerprint density at radius 2 is 1.91 bits per heavy atom. The second-order valence-electron chi connectivity index (χ2n) is 6.29. The van der Waals surface area contributed by atoms with Crippen molar-refractivity contribution in [1.29, 1.82) is 0 Å². The monoisotopic (exact) mass is 331 g/mol. The molecule has 2 heterocycles. The average Bonchev–Trinajstić information content (AvgIpc) is 2.93. The third-order valence-electron chi connectivity index (χ3n) is 4.99. The fraction of sp³-hybridized carbons (Fsp3) is 0.600. The van der Waals surface area contributed by atoms with Gasteiger partial charge in [-0.3, -0.25) is 4.79 Å². The summed E-state index contributed by atoms with van der Waals surface area (Å²) in [6.07, 6.45) is -2.73. The van der Waals surface area contributed by atoms with Crippen LogP contribution in [0.5, 0.6) is 0 Å². The molecule has 8 heteroatoms. The molecule has 1 aliphatic carbocycles. The molecular formula is C15H16F3NO4. The molecular weight excluding hydrogens is 315 g/mol. The summed E-state index contributed by atoms with van der Waals surface area (Å²) in [7, 11) is 0. The van der Waals surface area contributed by atoms with Crippen LogP contribution in [-0.2, 0) is 0 Å². The predicted molar refractivity (Wildman–Crippen MR) is 72.0 cm³/mol. The molecule has 2 aliphatic rings. The predicted octanol–water partition coefficient (Wildman–Crippen LogP) is 3.17. The molecule has 1 unspecified atom stereocenters. The van der Waals surface area contributed by atoms with Gasteiger partial charge in [0.1, 0.15) is 0 Å². The Morgan fingerprint density at radius 1 is 1.26 bits per heavy atom. The molecule has 1 saturated heterocycles. The number of carboxylic acid groups (broad SMARTS) is 1. The van der Waals surface area contributed by atoms with Gasteiger partial charge in [-0.2, -0.15) is 13.2 Å². The van der Waals surface area contributed by atoms with Gasteiger partial charge in [0, 0.05) is 13.1 Å². The molecule has 0 bridgehead atoms. The number of carbonyl (C=O) groups is 2. The third kappa shape index (κ3) is 2.70. The van der Waals surface area contributed by atoms with Crippen LogP contribution in [0, 0.1) is 11.3 Å². The number of likely N-dealkylation sites (tertiary alicyclic amines) is 1. The van der Waals surface area contributed by atoms with Crippen molar-refractivity contribution in [2.75, 3.05) is 13.1 Å². The summed E-state index contributed by atoms with van der Waals surface area (Å²) in [5.74, 6) is -3.74. The summed E-state index contributed by atoms with van der Waals surface area (Å²) < 4.78 is 44.6. The molecule has 1 spiro atoms. The number of rotatable bonds is 2. The quantitative estimate of drug-likeness (QED) is 0.903. The normalized spacial score (nSPS) is 23.6. The summed E-state index contributed by atoms with van der Waals surface area (Å²) in [5, 5.41) is 8.80. The van der Waals surface area contributed by atoms with Crippen molar-refractivity contribution >= 4 is 11.9 Å². The summed E-state index contributed by atoms with van der Waals surface area (Å²) in [6.45, 7) is 0.0347. The number of amides is 1. The highest BCUT2D eigenvalue weighted by atomic mass is 19.4. The van der Waals surface area contributed by atoms with Crippen LogP contribution in [-0.4, -0.2) is 41.1 Å². The van der Waals surface area contributed by atoms with Crippen molar-refractivity contribution in [3.63, 3.8) is 0 Å². The zero-order valence-electron chi connectivity index (χ0n) is 12.2. The highest BCUT2D eigenvalue weighted by Crippen LogP contribution is 2.56. The number of piperidine rings is 1. The fourth-order valence-corrected chi connectivity index (χ4v) is 3.71. The lowest BCUT2D eigenvalue weighted by molar-refractivity contribution is -0.235. The van der Waals surface area contributed by atoms with Gasteiger partial charge in [0.2, 0.25) is 5.76 Å². The van der Waals surface area contributed by atoms with Crippen LogP contribution >= 0.6 is 0 Å². The average molecular weight is 331 g/mol. The van der Waals surface area contributed by atoms with E-state index in [1.54, 1.807) is 0 Å².